The molecule has 1 aromatic carbocycles. The van der Waals surface area contributed by atoms with Gasteiger partial charge < -0.3 is 4.74 Å². The first-order valence-corrected chi connectivity index (χ1v) is 10.0. The van der Waals surface area contributed by atoms with Gasteiger partial charge in [-0.05, 0) is 88.1 Å². The van der Waals surface area contributed by atoms with Crippen LogP contribution in [0.4, 0.5) is 0 Å². The molecular formula is C23H30O4. The minimum atomic E-state index is -0.316. The number of fused-ring (bicyclic) bond motifs is 2. The first-order chi connectivity index (χ1) is 12.7. The highest BCUT2D eigenvalue weighted by atomic mass is 16.5. The summed E-state index contributed by atoms with van der Waals surface area (Å²) in [5.74, 6) is -0.344. The minimum absolute atomic E-state index is 0.0117. The van der Waals surface area contributed by atoms with Crippen LogP contribution >= 0.6 is 0 Å². The Hall–Kier alpha value is -1.97. The summed E-state index contributed by atoms with van der Waals surface area (Å²) >= 11 is 0. The summed E-state index contributed by atoms with van der Waals surface area (Å²) in [6.07, 6.45) is 4.02. The summed E-state index contributed by atoms with van der Waals surface area (Å²) in [5, 5.41) is 0. The van der Waals surface area contributed by atoms with E-state index in [-0.39, 0.29) is 36.1 Å². The Bertz CT molecular complexity index is 760. The molecule has 2 bridgehead atoms. The topological polar surface area (TPSA) is 60.4 Å². The van der Waals surface area contributed by atoms with Gasteiger partial charge in [-0.25, -0.2) is 0 Å². The van der Waals surface area contributed by atoms with Crippen molar-refractivity contribution >= 4 is 17.5 Å². The maximum atomic E-state index is 12.8. The zero-order valence-electron chi connectivity index (χ0n) is 17.1. The quantitative estimate of drug-likeness (QED) is 0.584. The van der Waals surface area contributed by atoms with Gasteiger partial charge in [-0.3, -0.25) is 14.4 Å². The fraction of sp³-hybridized carbons (Fsp3) is 0.609. The predicted octanol–water partition coefficient (Wildman–Crippen LogP) is 4.35. The second kappa shape index (κ2) is 7.57. The zero-order chi connectivity index (χ0) is 19.9. The van der Waals surface area contributed by atoms with E-state index in [1.54, 1.807) is 0 Å². The van der Waals surface area contributed by atoms with Crippen LogP contribution in [-0.4, -0.2) is 24.1 Å². The molecule has 0 amide bonds. The lowest BCUT2D eigenvalue weighted by molar-refractivity contribution is -0.152. The van der Waals surface area contributed by atoms with Gasteiger partial charge in [-0.1, -0.05) is 6.42 Å². The molecule has 0 radical (unpaired) electrons. The molecule has 0 heterocycles. The lowest BCUT2D eigenvalue weighted by atomic mass is 9.67. The third kappa shape index (κ3) is 3.59. The second-order valence-electron chi connectivity index (χ2n) is 8.43. The summed E-state index contributed by atoms with van der Waals surface area (Å²) in [4.78, 5) is 37.5. The number of carbonyl (C=O) groups is 3. The average Bonchev–Trinajstić information content (AvgIpc) is 2.62. The molecule has 0 spiro atoms. The van der Waals surface area contributed by atoms with Gasteiger partial charge in [0.05, 0.1) is 5.92 Å². The van der Waals surface area contributed by atoms with Crippen LogP contribution in [-0.2, 0) is 14.3 Å². The Labute approximate surface area is 161 Å². The van der Waals surface area contributed by atoms with Crippen molar-refractivity contribution in [3.63, 3.8) is 0 Å². The number of ketones is 2. The van der Waals surface area contributed by atoms with Crippen molar-refractivity contribution < 1.29 is 19.1 Å². The average molecular weight is 370 g/mol. The third-order valence-corrected chi connectivity index (χ3v) is 7.01. The van der Waals surface area contributed by atoms with E-state index in [1.165, 1.54) is 5.56 Å². The van der Waals surface area contributed by atoms with Crippen molar-refractivity contribution in [1.29, 1.82) is 0 Å². The molecule has 0 saturated heterocycles. The Kier molecular flexibility index (Phi) is 5.55. The van der Waals surface area contributed by atoms with Gasteiger partial charge in [0.1, 0.15) is 5.78 Å². The molecule has 0 N–H and O–H groups in total. The van der Waals surface area contributed by atoms with E-state index in [2.05, 4.69) is 6.92 Å². The zero-order valence-corrected chi connectivity index (χ0v) is 17.1. The van der Waals surface area contributed by atoms with Gasteiger partial charge in [0, 0.05) is 17.4 Å². The van der Waals surface area contributed by atoms with Gasteiger partial charge in [0.25, 0.3) is 0 Å². The molecule has 2 fully saturated rings. The number of hydrogen-bond donors (Lipinski definition) is 0. The fourth-order valence-corrected chi connectivity index (χ4v) is 4.92. The van der Waals surface area contributed by atoms with Crippen LogP contribution in [0.1, 0.15) is 70.3 Å². The molecule has 4 heteroatoms. The molecule has 0 aromatic heterocycles. The minimum Gasteiger partial charge on any atom is -0.457 e. The standard InChI is InChI=1S/C23H30O4/c1-12-13(2)15(4)21(16(5)14(12)3)20(24)11-27-23(26)19-9-17-7-6-8-18(10-19)22(17)25/h17-19H,6-11H2,1-5H3. The molecule has 27 heavy (non-hydrogen) atoms. The highest BCUT2D eigenvalue weighted by Crippen LogP contribution is 2.40. The van der Waals surface area contributed by atoms with Crippen LogP contribution in [0.5, 0.6) is 0 Å². The van der Waals surface area contributed by atoms with E-state index in [0.717, 1.165) is 41.5 Å². The molecule has 0 aliphatic heterocycles. The molecule has 2 atom stereocenters. The van der Waals surface area contributed by atoms with Crippen molar-refractivity contribution in [1.82, 2.24) is 0 Å². The number of rotatable bonds is 4. The monoisotopic (exact) mass is 370 g/mol. The number of carbonyl (C=O) groups excluding carboxylic acids is 3. The van der Waals surface area contributed by atoms with Crippen LogP contribution in [0, 0.1) is 52.4 Å². The van der Waals surface area contributed by atoms with E-state index in [4.69, 9.17) is 4.74 Å². The van der Waals surface area contributed by atoms with Gasteiger partial charge in [-0.2, -0.15) is 0 Å². The number of hydrogen-bond acceptors (Lipinski definition) is 4. The molecule has 146 valence electrons. The largest absolute Gasteiger partial charge is 0.457 e. The number of Topliss-reactive ketones (excluding diaryl/α,β-unsaturated/α-hetero) is 2. The summed E-state index contributed by atoms with van der Waals surface area (Å²) < 4.78 is 5.42. The van der Waals surface area contributed by atoms with E-state index in [9.17, 15) is 14.4 Å². The first kappa shape index (κ1) is 19.8. The van der Waals surface area contributed by atoms with E-state index in [1.807, 2.05) is 27.7 Å². The molecular weight excluding hydrogens is 340 g/mol. The smallest absolute Gasteiger partial charge is 0.309 e. The number of benzene rings is 1. The Balaban J connectivity index is 1.68. The summed E-state index contributed by atoms with van der Waals surface area (Å²) in [6.45, 7) is 9.81. The van der Waals surface area contributed by atoms with Crippen molar-refractivity contribution in [3.8, 4) is 0 Å². The SMILES string of the molecule is Cc1c(C)c(C)c(C(=O)COC(=O)C2CC3CCCC(C2)C3=O)c(C)c1C. The van der Waals surface area contributed by atoms with E-state index in [0.29, 0.717) is 24.2 Å². The number of ether oxygens (including phenoxy) is 1. The van der Waals surface area contributed by atoms with Crippen LogP contribution in [0.15, 0.2) is 0 Å². The molecule has 4 nitrogen and oxygen atoms in total. The molecule has 3 rings (SSSR count). The Morgan fingerprint density at radius 2 is 1.33 bits per heavy atom. The van der Waals surface area contributed by atoms with Crippen molar-refractivity contribution in [2.24, 2.45) is 17.8 Å². The third-order valence-electron chi connectivity index (χ3n) is 7.01. The molecule has 2 saturated carbocycles. The first-order valence-electron chi connectivity index (χ1n) is 10.0. The van der Waals surface area contributed by atoms with Gasteiger partial charge in [0.15, 0.2) is 6.61 Å². The Morgan fingerprint density at radius 3 is 1.85 bits per heavy atom. The van der Waals surface area contributed by atoms with Gasteiger partial charge in [-0.15, -0.1) is 0 Å². The molecule has 2 unspecified atom stereocenters. The van der Waals surface area contributed by atoms with Gasteiger partial charge in [0.2, 0.25) is 5.78 Å². The summed E-state index contributed by atoms with van der Waals surface area (Å²) in [5.41, 5.74) is 6.05. The van der Waals surface area contributed by atoms with Gasteiger partial charge >= 0.3 is 5.97 Å². The van der Waals surface area contributed by atoms with Crippen LogP contribution < -0.4 is 0 Å². The summed E-state index contributed by atoms with van der Waals surface area (Å²) in [6, 6.07) is 0. The van der Waals surface area contributed by atoms with E-state index >= 15 is 0 Å². The van der Waals surface area contributed by atoms with Crippen LogP contribution in [0.25, 0.3) is 0 Å². The van der Waals surface area contributed by atoms with Crippen molar-refractivity contribution in [2.45, 2.75) is 66.7 Å². The van der Waals surface area contributed by atoms with Crippen LogP contribution in [0.2, 0.25) is 0 Å². The van der Waals surface area contributed by atoms with Crippen molar-refractivity contribution in [2.75, 3.05) is 6.61 Å². The second-order valence-corrected chi connectivity index (χ2v) is 8.43. The molecule has 1 aromatic rings. The lowest BCUT2D eigenvalue weighted by Crippen LogP contribution is -2.39. The maximum Gasteiger partial charge on any atom is 0.309 e. The van der Waals surface area contributed by atoms with Crippen molar-refractivity contribution in [3.05, 3.63) is 33.4 Å². The fourth-order valence-electron chi connectivity index (χ4n) is 4.92. The summed E-state index contributed by atoms with van der Waals surface area (Å²) in [7, 11) is 0. The molecule has 2 aliphatic rings. The highest BCUT2D eigenvalue weighted by molar-refractivity contribution is 6.01. The predicted molar refractivity (Wildman–Crippen MR) is 104 cm³/mol. The highest BCUT2D eigenvalue weighted by Gasteiger charge is 2.41. The number of esters is 1. The van der Waals surface area contributed by atoms with E-state index < -0.39 is 0 Å². The maximum absolute atomic E-state index is 12.8. The molecule has 2 aliphatic carbocycles. The lowest BCUT2D eigenvalue weighted by Gasteiger charge is -2.36. The Morgan fingerprint density at radius 1 is 0.852 bits per heavy atom. The normalized spacial score (nSPS) is 24.6. The van der Waals surface area contributed by atoms with Crippen LogP contribution in [0.3, 0.4) is 0 Å².